The summed E-state index contributed by atoms with van der Waals surface area (Å²) in [7, 11) is 0. The van der Waals surface area contributed by atoms with E-state index in [1.54, 1.807) is 0 Å². The molecule has 0 atom stereocenters. The van der Waals surface area contributed by atoms with Crippen molar-refractivity contribution in [2.75, 3.05) is 0 Å². The van der Waals surface area contributed by atoms with Gasteiger partial charge in [-0.2, -0.15) is 0 Å². The van der Waals surface area contributed by atoms with Crippen LogP contribution in [0.3, 0.4) is 0 Å². The molecular formula is C8H7N3O3. The average molecular weight is 193 g/mol. The minimum Gasteiger partial charge on any atom is -0.481 e. The molecule has 0 radical (unpaired) electrons. The second-order valence-electron chi connectivity index (χ2n) is 2.84. The Morgan fingerprint density at radius 1 is 1.57 bits per heavy atom. The molecule has 0 saturated carbocycles. The highest BCUT2D eigenvalue weighted by Gasteiger charge is 2.05. The largest absolute Gasteiger partial charge is 0.481 e. The Balaban J connectivity index is 2.51. The van der Waals surface area contributed by atoms with Crippen LogP contribution in [0.2, 0.25) is 0 Å². The van der Waals surface area contributed by atoms with Crippen LogP contribution in [0, 0.1) is 0 Å². The van der Waals surface area contributed by atoms with Gasteiger partial charge in [-0.15, -0.1) is 0 Å². The van der Waals surface area contributed by atoms with E-state index in [0.717, 1.165) is 0 Å². The lowest BCUT2D eigenvalue weighted by Gasteiger charge is -1.88. The SMILES string of the molecule is O=C(O)Cc1cn2[nH]c(=O)ccc2n1. The summed E-state index contributed by atoms with van der Waals surface area (Å²) < 4.78 is 1.40. The lowest BCUT2D eigenvalue weighted by Crippen LogP contribution is -2.07. The van der Waals surface area contributed by atoms with E-state index in [1.165, 1.54) is 22.8 Å². The molecule has 6 heteroatoms. The van der Waals surface area contributed by atoms with Gasteiger partial charge in [0.2, 0.25) is 0 Å². The molecule has 2 aromatic heterocycles. The van der Waals surface area contributed by atoms with Crippen molar-refractivity contribution in [2.24, 2.45) is 0 Å². The van der Waals surface area contributed by atoms with Gasteiger partial charge in [0.05, 0.1) is 18.3 Å². The summed E-state index contributed by atoms with van der Waals surface area (Å²) in [5.41, 5.74) is 0.692. The first-order valence-electron chi connectivity index (χ1n) is 3.94. The fraction of sp³-hybridized carbons (Fsp3) is 0.125. The summed E-state index contributed by atoms with van der Waals surface area (Å²) >= 11 is 0. The molecule has 0 fully saturated rings. The lowest BCUT2D eigenvalue weighted by atomic mass is 10.3. The number of carboxylic acid groups (broad SMARTS) is 1. The highest BCUT2D eigenvalue weighted by Crippen LogP contribution is 2.01. The number of H-pyrrole nitrogens is 1. The highest BCUT2D eigenvalue weighted by molar-refractivity contribution is 5.69. The van der Waals surface area contributed by atoms with Gasteiger partial charge in [-0.05, 0) is 6.07 Å². The molecule has 2 rings (SSSR count). The second-order valence-corrected chi connectivity index (χ2v) is 2.84. The van der Waals surface area contributed by atoms with E-state index in [2.05, 4.69) is 10.1 Å². The zero-order valence-electron chi connectivity index (χ0n) is 7.10. The smallest absolute Gasteiger partial charge is 0.309 e. The van der Waals surface area contributed by atoms with Crippen LogP contribution in [-0.2, 0) is 11.2 Å². The maximum atomic E-state index is 10.9. The Labute approximate surface area is 77.8 Å². The van der Waals surface area contributed by atoms with E-state index >= 15 is 0 Å². The van der Waals surface area contributed by atoms with Gasteiger partial charge in [0, 0.05) is 6.07 Å². The fourth-order valence-electron chi connectivity index (χ4n) is 1.20. The van der Waals surface area contributed by atoms with Crippen molar-refractivity contribution in [1.29, 1.82) is 0 Å². The number of aromatic amines is 1. The van der Waals surface area contributed by atoms with Gasteiger partial charge >= 0.3 is 5.97 Å². The quantitative estimate of drug-likeness (QED) is 0.682. The van der Waals surface area contributed by atoms with Gasteiger partial charge in [0.1, 0.15) is 0 Å². The number of aromatic nitrogens is 3. The van der Waals surface area contributed by atoms with Crippen molar-refractivity contribution in [3.63, 3.8) is 0 Å². The number of hydrogen-bond donors (Lipinski definition) is 2. The zero-order valence-corrected chi connectivity index (χ0v) is 7.10. The second kappa shape index (κ2) is 2.99. The molecule has 0 amide bonds. The van der Waals surface area contributed by atoms with Crippen LogP contribution in [0.1, 0.15) is 5.69 Å². The molecule has 2 aromatic rings. The Morgan fingerprint density at radius 2 is 2.36 bits per heavy atom. The van der Waals surface area contributed by atoms with E-state index in [9.17, 15) is 9.59 Å². The van der Waals surface area contributed by atoms with Gasteiger partial charge in [0.15, 0.2) is 5.65 Å². The number of rotatable bonds is 2. The van der Waals surface area contributed by atoms with Crippen molar-refractivity contribution >= 4 is 11.6 Å². The summed E-state index contributed by atoms with van der Waals surface area (Å²) in [6.07, 6.45) is 1.34. The van der Waals surface area contributed by atoms with Crippen LogP contribution in [0.4, 0.5) is 0 Å². The molecular weight excluding hydrogens is 186 g/mol. The van der Waals surface area contributed by atoms with Gasteiger partial charge in [-0.3, -0.25) is 14.7 Å². The lowest BCUT2D eigenvalue weighted by molar-refractivity contribution is -0.136. The Bertz CT molecular complexity index is 540. The maximum absolute atomic E-state index is 10.9. The van der Waals surface area contributed by atoms with Crippen LogP contribution >= 0.6 is 0 Å². The topological polar surface area (TPSA) is 87.5 Å². The Hall–Kier alpha value is -2.11. The fourth-order valence-corrected chi connectivity index (χ4v) is 1.20. The number of aliphatic carboxylic acids is 1. The number of hydrogen-bond acceptors (Lipinski definition) is 3. The number of carboxylic acids is 1. The molecule has 0 saturated heterocycles. The van der Waals surface area contributed by atoms with E-state index in [4.69, 9.17) is 5.11 Å². The first-order chi connectivity index (χ1) is 6.65. The molecule has 0 spiro atoms. The Kier molecular flexibility index (Phi) is 1.81. The number of imidazole rings is 1. The molecule has 0 unspecified atom stereocenters. The summed E-state index contributed by atoms with van der Waals surface area (Å²) in [4.78, 5) is 25.3. The minimum absolute atomic E-state index is 0.149. The summed E-state index contributed by atoms with van der Waals surface area (Å²) in [5, 5.41) is 11.0. The highest BCUT2D eigenvalue weighted by atomic mass is 16.4. The maximum Gasteiger partial charge on any atom is 0.309 e. The normalized spacial score (nSPS) is 10.6. The van der Waals surface area contributed by atoms with Crippen molar-refractivity contribution < 1.29 is 9.90 Å². The van der Waals surface area contributed by atoms with E-state index in [1.807, 2.05) is 0 Å². The van der Waals surface area contributed by atoms with Gasteiger partial charge in [-0.1, -0.05) is 0 Å². The minimum atomic E-state index is -0.948. The molecule has 72 valence electrons. The zero-order chi connectivity index (χ0) is 10.1. The predicted molar refractivity (Wildman–Crippen MR) is 47.2 cm³/mol. The first kappa shape index (κ1) is 8.49. The molecule has 2 heterocycles. The van der Waals surface area contributed by atoms with E-state index in [0.29, 0.717) is 11.3 Å². The molecule has 0 aliphatic carbocycles. The van der Waals surface area contributed by atoms with Crippen molar-refractivity contribution in [2.45, 2.75) is 6.42 Å². The van der Waals surface area contributed by atoms with Gasteiger partial charge < -0.3 is 5.11 Å². The summed E-state index contributed by atoms with van der Waals surface area (Å²) in [5.74, 6) is -0.948. The first-order valence-corrected chi connectivity index (χ1v) is 3.94. The third-order valence-corrected chi connectivity index (χ3v) is 1.73. The van der Waals surface area contributed by atoms with Crippen LogP contribution in [0.15, 0.2) is 23.1 Å². The Morgan fingerprint density at radius 3 is 3.07 bits per heavy atom. The van der Waals surface area contributed by atoms with Crippen molar-refractivity contribution in [3.8, 4) is 0 Å². The molecule has 6 nitrogen and oxygen atoms in total. The van der Waals surface area contributed by atoms with Crippen LogP contribution in [0.25, 0.3) is 5.65 Å². The third kappa shape index (κ3) is 1.49. The van der Waals surface area contributed by atoms with Gasteiger partial charge in [-0.25, -0.2) is 9.50 Å². The average Bonchev–Trinajstić information content (AvgIpc) is 2.44. The molecule has 14 heavy (non-hydrogen) atoms. The van der Waals surface area contributed by atoms with Crippen LogP contribution in [0.5, 0.6) is 0 Å². The van der Waals surface area contributed by atoms with E-state index < -0.39 is 5.97 Å². The molecule has 2 N–H and O–H groups in total. The van der Waals surface area contributed by atoms with Crippen LogP contribution < -0.4 is 5.56 Å². The van der Waals surface area contributed by atoms with Crippen molar-refractivity contribution in [1.82, 2.24) is 14.6 Å². The molecule has 0 aliphatic heterocycles. The number of nitrogens with one attached hydrogen (secondary N) is 1. The third-order valence-electron chi connectivity index (χ3n) is 1.73. The number of nitrogens with zero attached hydrogens (tertiary/aromatic N) is 2. The predicted octanol–water partition coefficient (Wildman–Crippen LogP) is -0.350. The molecule has 0 aromatic carbocycles. The van der Waals surface area contributed by atoms with Crippen molar-refractivity contribution in [3.05, 3.63) is 34.4 Å². The van der Waals surface area contributed by atoms with Gasteiger partial charge in [0.25, 0.3) is 5.56 Å². The van der Waals surface area contributed by atoms with Crippen LogP contribution in [-0.4, -0.2) is 25.7 Å². The van der Waals surface area contributed by atoms with E-state index in [-0.39, 0.29) is 12.0 Å². The summed E-state index contributed by atoms with van der Waals surface area (Å²) in [6.45, 7) is 0. The number of carbonyl (C=O) groups is 1. The molecule has 0 aliphatic rings. The standard InChI is InChI=1S/C8H7N3O3/c12-7-2-1-6-9-5(3-8(13)14)4-11(6)10-7/h1-2,4H,3H2,(H,10,12)(H,13,14). The molecule has 0 bridgehead atoms. The summed E-state index contributed by atoms with van der Waals surface area (Å²) in [6, 6.07) is 2.87. The number of fused-ring (bicyclic) bond motifs is 1. The monoisotopic (exact) mass is 193 g/mol.